The first-order valence-corrected chi connectivity index (χ1v) is 5.68. The summed E-state index contributed by atoms with van der Waals surface area (Å²) in [5.74, 6) is 0.797. The summed E-state index contributed by atoms with van der Waals surface area (Å²) >= 11 is 5.92. The van der Waals surface area contributed by atoms with Gasteiger partial charge in [0.1, 0.15) is 0 Å². The van der Waals surface area contributed by atoms with E-state index in [-0.39, 0.29) is 0 Å². The summed E-state index contributed by atoms with van der Waals surface area (Å²) in [6.07, 6.45) is 3.28. The summed E-state index contributed by atoms with van der Waals surface area (Å²) in [5.41, 5.74) is 0. The Balaban J connectivity index is 0.000000531. The number of hydrogen-bond acceptors (Lipinski definition) is 4. The molecule has 4 nitrogen and oxygen atoms in total. The highest BCUT2D eigenvalue weighted by Crippen LogP contribution is 2.19. The minimum Gasteiger partial charge on any atom is -0.352 e. The van der Waals surface area contributed by atoms with E-state index >= 15 is 0 Å². The van der Waals surface area contributed by atoms with Crippen molar-refractivity contribution < 1.29 is 0 Å². The molecule has 0 spiro atoms. The van der Waals surface area contributed by atoms with E-state index < -0.39 is 0 Å². The third-order valence-electron chi connectivity index (χ3n) is 2.05. The van der Waals surface area contributed by atoms with Crippen molar-refractivity contribution in [2.24, 2.45) is 0 Å². The predicted molar refractivity (Wildman–Crippen MR) is 63.5 cm³/mol. The molecule has 0 atom stereocenters. The van der Waals surface area contributed by atoms with Crippen LogP contribution in [-0.4, -0.2) is 36.1 Å². The zero-order valence-corrected chi connectivity index (χ0v) is 9.96. The van der Waals surface area contributed by atoms with Crippen molar-refractivity contribution in [1.82, 2.24) is 15.3 Å². The standard InChI is InChI=1S/C8H11ClN4.C2H6/c9-7-8(12-2-1-11-7)13-5-3-10-4-6-13;1-2/h1-2,10H,3-6H2;1-2H3. The van der Waals surface area contributed by atoms with Gasteiger partial charge in [0, 0.05) is 38.6 Å². The van der Waals surface area contributed by atoms with Gasteiger partial charge in [-0.15, -0.1) is 0 Å². The van der Waals surface area contributed by atoms with Gasteiger partial charge < -0.3 is 10.2 Å². The minimum absolute atomic E-state index is 0.490. The van der Waals surface area contributed by atoms with Crippen molar-refractivity contribution in [2.75, 3.05) is 31.1 Å². The van der Waals surface area contributed by atoms with E-state index in [9.17, 15) is 0 Å². The van der Waals surface area contributed by atoms with Gasteiger partial charge in [-0.2, -0.15) is 0 Å². The summed E-state index contributed by atoms with van der Waals surface area (Å²) in [6, 6.07) is 0. The Morgan fingerprint density at radius 3 is 2.40 bits per heavy atom. The number of hydrogen-bond donors (Lipinski definition) is 1. The van der Waals surface area contributed by atoms with Gasteiger partial charge in [-0.25, -0.2) is 9.97 Å². The fraction of sp³-hybridized carbons (Fsp3) is 0.600. The summed E-state index contributed by atoms with van der Waals surface area (Å²) in [7, 11) is 0. The third-order valence-corrected chi connectivity index (χ3v) is 2.32. The molecule has 5 heteroatoms. The first-order valence-electron chi connectivity index (χ1n) is 5.30. The maximum absolute atomic E-state index is 5.92. The van der Waals surface area contributed by atoms with E-state index in [1.54, 1.807) is 12.4 Å². The van der Waals surface area contributed by atoms with Crippen LogP contribution in [-0.2, 0) is 0 Å². The monoisotopic (exact) mass is 228 g/mol. The van der Waals surface area contributed by atoms with Crippen molar-refractivity contribution in [3.8, 4) is 0 Å². The number of nitrogens with one attached hydrogen (secondary N) is 1. The normalized spacial score (nSPS) is 15.5. The largest absolute Gasteiger partial charge is 0.352 e. The maximum atomic E-state index is 5.92. The Bertz CT molecular complexity index is 287. The van der Waals surface area contributed by atoms with Gasteiger partial charge in [-0.1, -0.05) is 25.4 Å². The Labute approximate surface area is 95.7 Å². The van der Waals surface area contributed by atoms with E-state index in [1.807, 2.05) is 13.8 Å². The molecule has 0 radical (unpaired) electrons. The van der Waals surface area contributed by atoms with Crippen molar-refractivity contribution in [3.63, 3.8) is 0 Å². The number of aromatic nitrogens is 2. The molecule has 1 aliphatic heterocycles. The zero-order chi connectivity index (χ0) is 11.1. The lowest BCUT2D eigenvalue weighted by molar-refractivity contribution is 0.584. The average molecular weight is 229 g/mol. The molecule has 0 saturated carbocycles. The quantitative estimate of drug-likeness (QED) is 0.792. The Morgan fingerprint density at radius 1 is 1.20 bits per heavy atom. The van der Waals surface area contributed by atoms with Crippen LogP contribution >= 0.6 is 11.6 Å². The van der Waals surface area contributed by atoms with Gasteiger partial charge in [0.25, 0.3) is 0 Å². The lowest BCUT2D eigenvalue weighted by atomic mass is 10.3. The molecule has 1 saturated heterocycles. The van der Waals surface area contributed by atoms with E-state index in [1.165, 1.54) is 0 Å². The SMILES string of the molecule is CC.Clc1nccnc1N1CCNCC1. The molecule has 84 valence electrons. The van der Waals surface area contributed by atoms with Crippen molar-refractivity contribution in [1.29, 1.82) is 0 Å². The van der Waals surface area contributed by atoms with Gasteiger partial charge in [-0.3, -0.25) is 0 Å². The Morgan fingerprint density at radius 2 is 1.80 bits per heavy atom. The number of anilines is 1. The number of rotatable bonds is 1. The summed E-state index contributed by atoms with van der Waals surface area (Å²) in [5, 5.41) is 3.76. The molecule has 15 heavy (non-hydrogen) atoms. The number of piperazine rings is 1. The molecule has 2 rings (SSSR count). The molecule has 0 bridgehead atoms. The average Bonchev–Trinajstić information content (AvgIpc) is 2.33. The van der Waals surface area contributed by atoms with E-state index in [4.69, 9.17) is 11.6 Å². The van der Waals surface area contributed by atoms with Gasteiger partial charge in [-0.05, 0) is 0 Å². The topological polar surface area (TPSA) is 41.1 Å². The highest BCUT2D eigenvalue weighted by molar-refractivity contribution is 6.31. The van der Waals surface area contributed by atoms with E-state index in [0.29, 0.717) is 5.15 Å². The molecular weight excluding hydrogens is 212 g/mol. The van der Waals surface area contributed by atoms with Gasteiger partial charge >= 0.3 is 0 Å². The van der Waals surface area contributed by atoms with Gasteiger partial charge in [0.05, 0.1) is 0 Å². The second-order valence-electron chi connectivity index (χ2n) is 2.91. The predicted octanol–water partition coefficient (Wildman–Crippen LogP) is 1.57. The molecule has 1 fully saturated rings. The highest BCUT2D eigenvalue weighted by atomic mass is 35.5. The molecule has 2 heterocycles. The lowest BCUT2D eigenvalue weighted by Crippen LogP contribution is -2.44. The molecule has 0 aromatic carbocycles. The summed E-state index contributed by atoms with van der Waals surface area (Å²) in [6.45, 7) is 7.84. The highest BCUT2D eigenvalue weighted by Gasteiger charge is 2.14. The van der Waals surface area contributed by atoms with Crippen LogP contribution in [0.5, 0.6) is 0 Å². The maximum Gasteiger partial charge on any atom is 0.171 e. The first-order chi connectivity index (χ1) is 7.38. The van der Waals surface area contributed by atoms with Gasteiger partial charge in [0.15, 0.2) is 11.0 Å². The molecule has 0 unspecified atom stereocenters. The number of halogens is 1. The van der Waals surface area contributed by atoms with Crippen LogP contribution in [0.1, 0.15) is 13.8 Å². The molecule has 0 aliphatic carbocycles. The van der Waals surface area contributed by atoms with Crippen LogP contribution in [0.15, 0.2) is 12.4 Å². The van der Waals surface area contributed by atoms with Crippen LogP contribution in [0.4, 0.5) is 5.82 Å². The fourth-order valence-corrected chi connectivity index (χ4v) is 1.63. The van der Waals surface area contributed by atoms with Gasteiger partial charge in [0.2, 0.25) is 0 Å². The molecule has 1 aromatic heterocycles. The lowest BCUT2D eigenvalue weighted by Gasteiger charge is -2.28. The van der Waals surface area contributed by atoms with Crippen LogP contribution in [0.2, 0.25) is 5.15 Å². The molecule has 1 aliphatic rings. The van der Waals surface area contributed by atoms with Crippen LogP contribution in [0.25, 0.3) is 0 Å². The van der Waals surface area contributed by atoms with Crippen molar-refractivity contribution >= 4 is 17.4 Å². The van der Waals surface area contributed by atoms with Crippen LogP contribution in [0, 0.1) is 0 Å². The molecule has 1 N–H and O–H groups in total. The van der Waals surface area contributed by atoms with E-state index in [0.717, 1.165) is 32.0 Å². The second-order valence-corrected chi connectivity index (χ2v) is 3.27. The smallest absolute Gasteiger partial charge is 0.171 e. The second kappa shape index (κ2) is 6.58. The molecule has 0 amide bonds. The van der Waals surface area contributed by atoms with Crippen molar-refractivity contribution in [3.05, 3.63) is 17.5 Å². The zero-order valence-electron chi connectivity index (χ0n) is 9.20. The third kappa shape index (κ3) is 3.32. The summed E-state index contributed by atoms with van der Waals surface area (Å²) in [4.78, 5) is 10.3. The fourth-order valence-electron chi connectivity index (χ4n) is 1.40. The summed E-state index contributed by atoms with van der Waals surface area (Å²) < 4.78 is 0. The van der Waals surface area contributed by atoms with E-state index in [2.05, 4.69) is 20.2 Å². The molecule has 1 aromatic rings. The molecular formula is C10H17ClN4. The van der Waals surface area contributed by atoms with Crippen LogP contribution in [0.3, 0.4) is 0 Å². The Kier molecular flexibility index (Phi) is 5.36. The van der Waals surface area contributed by atoms with Crippen LogP contribution < -0.4 is 10.2 Å². The Hall–Kier alpha value is -0.870. The van der Waals surface area contributed by atoms with Crippen molar-refractivity contribution in [2.45, 2.75) is 13.8 Å². The number of nitrogens with zero attached hydrogens (tertiary/aromatic N) is 3. The minimum atomic E-state index is 0.490. The first kappa shape index (κ1) is 12.2.